The zero-order valence-corrected chi connectivity index (χ0v) is 13.1. The molecule has 0 aliphatic heterocycles. The van der Waals surface area contributed by atoms with Gasteiger partial charge in [-0.15, -0.1) is 0 Å². The highest BCUT2D eigenvalue weighted by Crippen LogP contribution is 2.23. The van der Waals surface area contributed by atoms with E-state index < -0.39 is 12.6 Å². The Labute approximate surface area is 126 Å². The first-order chi connectivity index (χ1) is 10.1. The lowest BCUT2D eigenvalue weighted by molar-refractivity contribution is -0.157. The van der Waals surface area contributed by atoms with E-state index in [4.69, 9.17) is 9.47 Å². The normalized spacial score (nSPS) is 18.8. The van der Waals surface area contributed by atoms with Crippen LogP contribution < -0.4 is 0 Å². The molecule has 1 aliphatic carbocycles. The Kier molecular flexibility index (Phi) is 8.31. The molecule has 0 aromatic rings. The summed E-state index contributed by atoms with van der Waals surface area (Å²) in [6.07, 6.45) is 6.31. The molecule has 122 valence electrons. The van der Waals surface area contributed by atoms with Crippen LogP contribution >= 0.6 is 0 Å². The van der Waals surface area contributed by atoms with Crippen LogP contribution in [0.5, 0.6) is 0 Å². The molecular formula is C16H27FO4. The summed E-state index contributed by atoms with van der Waals surface area (Å²) in [6.45, 7) is 2.74. The second-order valence-corrected chi connectivity index (χ2v) is 5.80. The predicted molar refractivity (Wildman–Crippen MR) is 77.5 cm³/mol. The fourth-order valence-electron chi connectivity index (χ4n) is 2.67. The summed E-state index contributed by atoms with van der Waals surface area (Å²) in [4.78, 5) is 23.8. The van der Waals surface area contributed by atoms with Gasteiger partial charge in [0.15, 0.2) is 0 Å². The van der Waals surface area contributed by atoms with E-state index in [0.717, 1.165) is 25.7 Å². The van der Waals surface area contributed by atoms with E-state index in [1.165, 1.54) is 6.42 Å². The van der Waals surface area contributed by atoms with Crippen molar-refractivity contribution in [3.05, 3.63) is 0 Å². The van der Waals surface area contributed by atoms with Crippen LogP contribution in [0.15, 0.2) is 0 Å². The van der Waals surface area contributed by atoms with Gasteiger partial charge in [0.1, 0.15) is 19.4 Å². The van der Waals surface area contributed by atoms with Crippen molar-refractivity contribution in [1.82, 2.24) is 0 Å². The molecule has 0 radical (unpaired) electrons. The van der Waals surface area contributed by atoms with E-state index in [0.29, 0.717) is 12.8 Å². The summed E-state index contributed by atoms with van der Waals surface area (Å²) < 4.78 is 22.3. The molecule has 0 heterocycles. The maximum absolute atomic E-state index is 12.1. The van der Waals surface area contributed by atoms with Crippen LogP contribution in [0.25, 0.3) is 0 Å². The van der Waals surface area contributed by atoms with Crippen molar-refractivity contribution in [3.63, 3.8) is 0 Å². The van der Waals surface area contributed by atoms with Gasteiger partial charge in [-0.3, -0.25) is 9.59 Å². The molecule has 0 N–H and O–H groups in total. The lowest BCUT2D eigenvalue weighted by Gasteiger charge is -2.24. The molecule has 4 nitrogen and oxygen atoms in total. The number of ether oxygens (including phenoxy) is 2. The number of alkyl halides is 1. The van der Waals surface area contributed by atoms with Crippen molar-refractivity contribution >= 4 is 11.9 Å². The maximum Gasteiger partial charge on any atom is 0.309 e. The quantitative estimate of drug-likeness (QED) is 0.645. The number of carbonyl (C=O) groups is 2. The monoisotopic (exact) mass is 302 g/mol. The third-order valence-electron chi connectivity index (χ3n) is 4.02. The number of esters is 2. The summed E-state index contributed by atoms with van der Waals surface area (Å²) >= 11 is 0. The molecule has 2 unspecified atom stereocenters. The van der Waals surface area contributed by atoms with Crippen molar-refractivity contribution in [2.24, 2.45) is 11.8 Å². The molecule has 1 rings (SSSR count). The fourth-order valence-corrected chi connectivity index (χ4v) is 2.67. The van der Waals surface area contributed by atoms with Gasteiger partial charge in [0, 0.05) is 0 Å². The van der Waals surface area contributed by atoms with Gasteiger partial charge in [-0.05, 0) is 38.5 Å². The first-order valence-corrected chi connectivity index (χ1v) is 8.01. The molecule has 5 heteroatoms. The van der Waals surface area contributed by atoms with Crippen molar-refractivity contribution < 1.29 is 23.5 Å². The van der Waals surface area contributed by atoms with Crippen molar-refractivity contribution in [2.75, 3.05) is 13.3 Å². The van der Waals surface area contributed by atoms with Gasteiger partial charge in [-0.25, -0.2) is 4.39 Å². The summed E-state index contributed by atoms with van der Waals surface area (Å²) in [5.74, 6) is -1.37. The van der Waals surface area contributed by atoms with E-state index in [1.807, 2.05) is 6.92 Å². The number of rotatable bonds is 8. The van der Waals surface area contributed by atoms with Gasteiger partial charge in [0.05, 0.1) is 11.8 Å². The Balaban J connectivity index is 2.39. The van der Waals surface area contributed by atoms with Crippen LogP contribution in [0.3, 0.4) is 0 Å². The largest absolute Gasteiger partial charge is 0.463 e. The van der Waals surface area contributed by atoms with Crippen LogP contribution in [-0.4, -0.2) is 31.3 Å². The first kappa shape index (κ1) is 17.9. The Morgan fingerprint density at radius 1 is 1.19 bits per heavy atom. The lowest BCUT2D eigenvalue weighted by Crippen LogP contribution is -2.28. The minimum atomic E-state index is -0.679. The van der Waals surface area contributed by atoms with E-state index in [2.05, 4.69) is 0 Å². The molecule has 0 aromatic heterocycles. The number of carbonyl (C=O) groups excluding carboxylic acids is 2. The van der Waals surface area contributed by atoms with Crippen LogP contribution in [0.1, 0.15) is 58.8 Å². The molecule has 1 fully saturated rings. The minimum Gasteiger partial charge on any atom is -0.463 e. The second kappa shape index (κ2) is 9.74. The predicted octanol–water partition coefficient (Wildman–Crippen LogP) is 3.43. The van der Waals surface area contributed by atoms with E-state index in [1.54, 1.807) is 6.92 Å². The molecule has 1 aliphatic rings. The SMILES string of the molecule is CCC(CC(C)C(=O)OC1CCCCC1)C(=O)OCCF. The zero-order chi connectivity index (χ0) is 15.7. The van der Waals surface area contributed by atoms with Crippen molar-refractivity contribution in [1.29, 1.82) is 0 Å². The fraction of sp³-hybridized carbons (Fsp3) is 0.875. The molecule has 0 amide bonds. The third kappa shape index (κ3) is 6.44. The molecular weight excluding hydrogens is 275 g/mol. The van der Waals surface area contributed by atoms with Crippen LogP contribution in [0.4, 0.5) is 4.39 Å². The highest BCUT2D eigenvalue weighted by atomic mass is 19.1. The Bertz CT molecular complexity index is 326. The van der Waals surface area contributed by atoms with Crippen LogP contribution in [0, 0.1) is 11.8 Å². The average Bonchev–Trinajstić information content (AvgIpc) is 2.50. The van der Waals surface area contributed by atoms with Crippen molar-refractivity contribution in [3.8, 4) is 0 Å². The second-order valence-electron chi connectivity index (χ2n) is 5.80. The van der Waals surface area contributed by atoms with Gasteiger partial charge in [-0.2, -0.15) is 0 Å². The number of halogens is 1. The summed E-state index contributed by atoms with van der Waals surface area (Å²) in [5, 5.41) is 0. The zero-order valence-electron chi connectivity index (χ0n) is 13.1. The van der Waals surface area contributed by atoms with Crippen molar-refractivity contribution in [2.45, 2.75) is 64.9 Å². The van der Waals surface area contributed by atoms with E-state index >= 15 is 0 Å². The Hall–Kier alpha value is -1.13. The molecule has 21 heavy (non-hydrogen) atoms. The van der Waals surface area contributed by atoms with Gasteiger partial charge < -0.3 is 9.47 Å². The van der Waals surface area contributed by atoms with Crippen LogP contribution in [-0.2, 0) is 19.1 Å². The Morgan fingerprint density at radius 2 is 1.86 bits per heavy atom. The number of hydrogen-bond acceptors (Lipinski definition) is 4. The van der Waals surface area contributed by atoms with E-state index in [9.17, 15) is 14.0 Å². The van der Waals surface area contributed by atoms with Gasteiger partial charge in [0.25, 0.3) is 0 Å². The minimum absolute atomic E-state index is 0.0345. The summed E-state index contributed by atoms with van der Waals surface area (Å²) in [7, 11) is 0. The molecule has 2 atom stereocenters. The van der Waals surface area contributed by atoms with Gasteiger partial charge in [0.2, 0.25) is 0 Å². The summed E-state index contributed by atoms with van der Waals surface area (Å²) in [5.41, 5.74) is 0. The smallest absolute Gasteiger partial charge is 0.309 e. The molecule has 0 bridgehead atoms. The third-order valence-corrected chi connectivity index (χ3v) is 4.02. The molecule has 0 saturated heterocycles. The van der Waals surface area contributed by atoms with Gasteiger partial charge in [-0.1, -0.05) is 20.3 Å². The average molecular weight is 302 g/mol. The lowest BCUT2D eigenvalue weighted by atomic mass is 9.93. The topological polar surface area (TPSA) is 52.6 Å². The highest BCUT2D eigenvalue weighted by Gasteiger charge is 2.27. The molecule has 0 aromatic carbocycles. The standard InChI is InChI=1S/C16H27FO4/c1-3-13(16(19)20-10-9-17)11-12(2)15(18)21-14-7-5-4-6-8-14/h12-14H,3-11H2,1-2H3. The maximum atomic E-state index is 12.1. The molecule has 0 spiro atoms. The van der Waals surface area contributed by atoms with Crippen LogP contribution in [0.2, 0.25) is 0 Å². The van der Waals surface area contributed by atoms with Gasteiger partial charge >= 0.3 is 11.9 Å². The summed E-state index contributed by atoms with van der Waals surface area (Å²) in [6, 6.07) is 0. The van der Waals surface area contributed by atoms with E-state index in [-0.39, 0.29) is 30.5 Å². The number of hydrogen-bond donors (Lipinski definition) is 0. The highest BCUT2D eigenvalue weighted by molar-refractivity contribution is 5.75. The molecule has 1 saturated carbocycles. The Morgan fingerprint density at radius 3 is 2.43 bits per heavy atom. The first-order valence-electron chi connectivity index (χ1n) is 8.01.